The fraction of sp³-hybridized carbons (Fsp3) is 0. The second-order valence-electron chi connectivity index (χ2n) is 4.38. The van der Waals surface area contributed by atoms with Crippen molar-refractivity contribution in [1.82, 2.24) is 19.8 Å². The van der Waals surface area contributed by atoms with Crippen LogP contribution in [0.2, 0.25) is 0 Å². The van der Waals surface area contributed by atoms with Crippen molar-refractivity contribution in [1.29, 1.82) is 0 Å². The molecule has 7 heteroatoms. The van der Waals surface area contributed by atoms with Gasteiger partial charge in [-0.05, 0) is 11.4 Å². The van der Waals surface area contributed by atoms with Gasteiger partial charge in [0.1, 0.15) is 6.33 Å². The Labute approximate surface area is 123 Å². The first-order valence-corrected chi connectivity index (χ1v) is 7.21. The van der Waals surface area contributed by atoms with Crippen LogP contribution < -0.4 is 5.43 Å². The van der Waals surface area contributed by atoms with E-state index in [2.05, 4.69) is 25.8 Å². The zero-order chi connectivity index (χ0) is 14.1. The Morgan fingerprint density at radius 3 is 2.90 bits per heavy atom. The van der Waals surface area contributed by atoms with Crippen molar-refractivity contribution in [2.75, 3.05) is 5.43 Å². The number of aromatic nitrogens is 4. The summed E-state index contributed by atoms with van der Waals surface area (Å²) in [5.41, 5.74) is 3.73. The van der Waals surface area contributed by atoms with E-state index in [0.717, 1.165) is 21.3 Å². The van der Waals surface area contributed by atoms with Gasteiger partial charge in [0.25, 0.3) is 0 Å². The van der Waals surface area contributed by atoms with Crippen molar-refractivity contribution < 1.29 is 0 Å². The van der Waals surface area contributed by atoms with Crippen LogP contribution in [-0.4, -0.2) is 26.0 Å². The van der Waals surface area contributed by atoms with Crippen molar-refractivity contribution >= 4 is 39.8 Å². The number of benzene rings is 1. The second-order valence-corrected chi connectivity index (χ2v) is 5.36. The van der Waals surface area contributed by atoms with Gasteiger partial charge in [0, 0.05) is 15.6 Å². The summed E-state index contributed by atoms with van der Waals surface area (Å²) in [6.45, 7) is 0. The lowest BCUT2D eigenvalue weighted by atomic mass is 10.2. The highest BCUT2D eigenvalue weighted by molar-refractivity contribution is 7.11. The smallest absolute Gasteiger partial charge is 0.185 e. The van der Waals surface area contributed by atoms with E-state index >= 15 is 0 Å². The Kier molecular flexibility index (Phi) is 2.82. The van der Waals surface area contributed by atoms with Gasteiger partial charge in [-0.2, -0.15) is 9.62 Å². The molecule has 0 saturated heterocycles. The van der Waals surface area contributed by atoms with Gasteiger partial charge in [0.05, 0.1) is 6.21 Å². The van der Waals surface area contributed by atoms with Crippen LogP contribution in [0.5, 0.6) is 0 Å². The van der Waals surface area contributed by atoms with E-state index in [-0.39, 0.29) is 0 Å². The highest BCUT2D eigenvalue weighted by Crippen LogP contribution is 2.23. The van der Waals surface area contributed by atoms with E-state index in [9.17, 15) is 0 Å². The largest absolute Gasteiger partial charge is 0.259 e. The third-order valence-corrected chi connectivity index (χ3v) is 3.87. The van der Waals surface area contributed by atoms with Gasteiger partial charge in [-0.15, -0.1) is 26.6 Å². The van der Waals surface area contributed by atoms with E-state index in [1.54, 1.807) is 28.4 Å². The Balaban J connectivity index is 1.79. The van der Waals surface area contributed by atoms with Gasteiger partial charge < -0.3 is 0 Å². The predicted molar refractivity (Wildman–Crippen MR) is 83.8 cm³/mol. The number of rotatable bonds is 3. The van der Waals surface area contributed by atoms with Gasteiger partial charge in [-0.3, -0.25) is 5.43 Å². The topological polar surface area (TPSA) is 67.5 Å². The Morgan fingerprint density at radius 2 is 2.05 bits per heavy atom. The summed E-state index contributed by atoms with van der Waals surface area (Å²) < 4.78 is 1.64. The number of fused-ring (bicyclic) bond motifs is 3. The summed E-state index contributed by atoms with van der Waals surface area (Å²) in [6.07, 6.45) is 3.35. The van der Waals surface area contributed by atoms with Crippen LogP contribution in [0.25, 0.3) is 16.4 Å². The monoisotopic (exact) mass is 294 g/mol. The molecule has 3 aromatic heterocycles. The molecule has 0 spiro atoms. The van der Waals surface area contributed by atoms with Crippen LogP contribution in [0, 0.1) is 0 Å². The first-order chi connectivity index (χ1) is 10.4. The molecule has 6 nitrogen and oxygen atoms in total. The number of thiophene rings is 1. The standard InChI is InChI=1S/C14H10N6S/c1-2-6-12-11(5-1)13(19-20-9-16-18-14(12)20)17-15-8-10-4-3-7-21-10/h1-9H,(H,17,19). The van der Waals surface area contributed by atoms with Crippen molar-refractivity contribution in [3.05, 3.63) is 53.0 Å². The maximum absolute atomic E-state index is 4.45. The molecule has 3 heterocycles. The Bertz CT molecular complexity index is 925. The highest BCUT2D eigenvalue weighted by atomic mass is 32.1. The van der Waals surface area contributed by atoms with Crippen LogP contribution in [-0.2, 0) is 0 Å². The first-order valence-electron chi connectivity index (χ1n) is 6.33. The molecule has 102 valence electrons. The van der Waals surface area contributed by atoms with E-state index in [0.29, 0.717) is 5.82 Å². The molecule has 4 rings (SSSR count). The van der Waals surface area contributed by atoms with Crippen LogP contribution >= 0.6 is 11.3 Å². The van der Waals surface area contributed by atoms with Gasteiger partial charge in [-0.25, -0.2) is 0 Å². The Hall–Kier alpha value is -2.80. The molecule has 0 unspecified atom stereocenters. The molecule has 1 N–H and O–H groups in total. The molecule has 0 amide bonds. The molecule has 0 saturated carbocycles. The fourth-order valence-corrected chi connectivity index (χ4v) is 2.72. The molecule has 0 aliphatic rings. The normalized spacial score (nSPS) is 11.6. The molecular weight excluding hydrogens is 284 g/mol. The molecule has 0 fully saturated rings. The number of hydrazone groups is 1. The van der Waals surface area contributed by atoms with E-state index in [1.165, 1.54) is 0 Å². The third kappa shape index (κ3) is 2.13. The molecular formula is C14H10N6S. The van der Waals surface area contributed by atoms with Gasteiger partial charge in [0.15, 0.2) is 11.5 Å². The Morgan fingerprint density at radius 1 is 1.14 bits per heavy atom. The predicted octanol–water partition coefficient (Wildman–Crippen LogP) is 2.79. The number of nitrogens with zero attached hydrogens (tertiary/aromatic N) is 5. The number of anilines is 1. The van der Waals surface area contributed by atoms with Crippen molar-refractivity contribution in [2.45, 2.75) is 0 Å². The number of hydrogen-bond donors (Lipinski definition) is 1. The van der Waals surface area contributed by atoms with E-state index in [4.69, 9.17) is 0 Å². The minimum absolute atomic E-state index is 0.672. The second kappa shape index (κ2) is 4.95. The van der Waals surface area contributed by atoms with Crippen molar-refractivity contribution in [3.8, 4) is 0 Å². The summed E-state index contributed by atoms with van der Waals surface area (Å²) in [7, 11) is 0. The first kappa shape index (κ1) is 12.0. The maximum atomic E-state index is 4.45. The SMILES string of the molecule is C(=NNc1nn2cnnc2c2ccccc12)c1cccs1. The summed E-state index contributed by atoms with van der Waals surface area (Å²) in [5, 5.41) is 20.6. The molecule has 0 aliphatic heterocycles. The van der Waals surface area contributed by atoms with Crippen molar-refractivity contribution in [2.24, 2.45) is 5.10 Å². The molecule has 4 aromatic rings. The average molecular weight is 294 g/mol. The fourth-order valence-electron chi connectivity index (χ4n) is 2.13. The molecule has 0 bridgehead atoms. The average Bonchev–Trinajstić information content (AvgIpc) is 3.18. The lowest BCUT2D eigenvalue weighted by molar-refractivity contribution is 0.934. The summed E-state index contributed by atoms with van der Waals surface area (Å²) in [6, 6.07) is 11.9. The quantitative estimate of drug-likeness (QED) is 0.466. The lowest BCUT2D eigenvalue weighted by Crippen LogP contribution is -2.00. The van der Waals surface area contributed by atoms with Gasteiger partial charge in [-0.1, -0.05) is 30.3 Å². The minimum Gasteiger partial charge on any atom is -0.259 e. The molecule has 0 aliphatic carbocycles. The summed E-state index contributed by atoms with van der Waals surface area (Å²) in [4.78, 5) is 1.08. The maximum Gasteiger partial charge on any atom is 0.185 e. The van der Waals surface area contributed by atoms with Crippen LogP contribution in [0.1, 0.15) is 4.88 Å². The summed E-state index contributed by atoms with van der Waals surface area (Å²) >= 11 is 1.63. The lowest BCUT2D eigenvalue weighted by Gasteiger charge is -2.05. The molecule has 1 aromatic carbocycles. The van der Waals surface area contributed by atoms with Crippen LogP contribution in [0.4, 0.5) is 5.82 Å². The van der Waals surface area contributed by atoms with E-state index < -0.39 is 0 Å². The summed E-state index contributed by atoms with van der Waals surface area (Å²) in [5.74, 6) is 0.672. The highest BCUT2D eigenvalue weighted by Gasteiger charge is 2.08. The van der Waals surface area contributed by atoms with Crippen LogP contribution in [0.3, 0.4) is 0 Å². The molecule has 21 heavy (non-hydrogen) atoms. The molecule has 0 atom stereocenters. The van der Waals surface area contributed by atoms with Crippen LogP contribution in [0.15, 0.2) is 53.2 Å². The third-order valence-electron chi connectivity index (χ3n) is 3.07. The van der Waals surface area contributed by atoms with E-state index in [1.807, 2.05) is 41.8 Å². The number of hydrogen-bond acceptors (Lipinski definition) is 6. The zero-order valence-electron chi connectivity index (χ0n) is 10.8. The van der Waals surface area contributed by atoms with Gasteiger partial charge >= 0.3 is 0 Å². The molecule has 0 radical (unpaired) electrons. The minimum atomic E-state index is 0.672. The zero-order valence-corrected chi connectivity index (χ0v) is 11.7. The van der Waals surface area contributed by atoms with Crippen molar-refractivity contribution in [3.63, 3.8) is 0 Å². The number of nitrogens with one attached hydrogen (secondary N) is 1. The van der Waals surface area contributed by atoms with Gasteiger partial charge in [0.2, 0.25) is 0 Å².